The smallest absolute Gasteiger partial charge is 0.249 e. The lowest BCUT2D eigenvalue weighted by Crippen LogP contribution is -2.07. The molecule has 3 aromatic rings. The first-order valence-electron chi connectivity index (χ1n) is 7.34. The molecule has 0 aliphatic heterocycles. The van der Waals surface area contributed by atoms with Gasteiger partial charge in [0.1, 0.15) is 0 Å². The van der Waals surface area contributed by atoms with E-state index in [4.69, 9.17) is 5.11 Å². The third-order valence-corrected chi connectivity index (χ3v) is 4.01. The summed E-state index contributed by atoms with van der Waals surface area (Å²) in [6.45, 7) is 0. The lowest BCUT2D eigenvalue weighted by atomic mass is 10.0. The summed E-state index contributed by atoms with van der Waals surface area (Å²) < 4.78 is 82.7. The van der Waals surface area contributed by atoms with Crippen LogP contribution in [0, 0.1) is 34.9 Å². The Labute approximate surface area is 161 Å². The number of benzene rings is 3. The number of hydrogen-bond donors (Lipinski definition) is 1. The molecule has 0 saturated carbocycles. The van der Waals surface area contributed by atoms with E-state index < -0.39 is 63.3 Å². The highest BCUT2D eigenvalue weighted by molar-refractivity contribution is 9.10. The van der Waals surface area contributed by atoms with Gasteiger partial charge in [-0.25, -0.2) is 22.0 Å². The summed E-state index contributed by atoms with van der Waals surface area (Å²) in [5.74, 6) is -11.4. The molecule has 0 atom stereocenters. The number of rotatable bonds is 4. The molecule has 3 rings (SSSR count). The maximum atomic E-state index is 14.3. The quantitative estimate of drug-likeness (QED) is 0.291. The lowest BCUT2D eigenvalue weighted by molar-refractivity contribution is -0.109. The average Bonchev–Trinajstić information content (AvgIpc) is 2.61. The zero-order valence-corrected chi connectivity index (χ0v) is 15.0. The van der Waals surface area contributed by atoms with E-state index in [-0.39, 0.29) is 4.47 Å². The molecular weight excluding hydrogens is 458 g/mol. The first-order valence-corrected chi connectivity index (χ1v) is 8.13. The minimum atomic E-state index is -1.63. The Morgan fingerprint density at radius 1 is 0.714 bits per heavy atom. The van der Waals surface area contributed by atoms with Crippen molar-refractivity contribution in [3.05, 3.63) is 75.8 Å². The summed E-state index contributed by atoms with van der Waals surface area (Å²) in [4.78, 5) is 8.88. The van der Waals surface area contributed by atoms with Crippen molar-refractivity contribution in [3.63, 3.8) is 0 Å². The molecule has 0 bridgehead atoms. The molecule has 10 heteroatoms. The molecule has 0 aromatic heterocycles. The summed E-state index contributed by atoms with van der Waals surface area (Å²) in [5.41, 5.74) is -0.953. The van der Waals surface area contributed by atoms with E-state index in [1.165, 1.54) is 0 Å². The van der Waals surface area contributed by atoms with Crippen molar-refractivity contribution in [1.29, 1.82) is 0 Å². The highest BCUT2D eigenvalue weighted by atomic mass is 79.9. The van der Waals surface area contributed by atoms with Crippen LogP contribution in [-0.2, 0) is 0 Å². The van der Waals surface area contributed by atoms with Gasteiger partial charge in [-0.3, -0.25) is 9.78 Å². The zero-order chi connectivity index (χ0) is 20.6. The second-order valence-electron chi connectivity index (χ2n) is 5.39. The molecule has 1 N–H and O–H groups in total. The van der Waals surface area contributed by atoms with Crippen LogP contribution in [0.25, 0.3) is 11.1 Å². The summed E-state index contributed by atoms with van der Waals surface area (Å²) in [6.07, 6.45) is 0. The Bertz CT molecular complexity index is 1030. The van der Waals surface area contributed by atoms with Crippen molar-refractivity contribution in [1.82, 2.24) is 0 Å². The van der Waals surface area contributed by atoms with Gasteiger partial charge in [-0.15, -0.1) is 0 Å². The number of hydrogen-bond acceptors (Lipinski definition) is 3. The van der Waals surface area contributed by atoms with Gasteiger partial charge >= 0.3 is 0 Å². The Kier molecular flexibility index (Phi) is 5.41. The van der Waals surface area contributed by atoms with Gasteiger partial charge in [-0.05, 0) is 42.0 Å². The Morgan fingerprint density at radius 2 is 1.29 bits per heavy atom. The van der Waals surface area contributed by atoms with Crippen molar-refractivity contribution >= 4 is 15.9 Å². The Hall–Kier alpha value is -2.88. The van der Waals surface area contributed by atoms with Gasteiger partial charge in [0, 0.05) is 10.0 Å². The molecular formula is C18H7BrF6O3. The molecule has 0 radical (unpaired) electrons. The van der Waals surface area contributed by atoms with Crippen molar-refractivity contribution < 1.29 is 41.2 Å². The summed E-state index contributed by atoms with van der Waals surface area (Å²) in [7, 11) is 0. The fourth-order valence-corrected chi connectivity index (χ4v) is 2.64. The average molecular weight is 465 g/mol. The van der Waals surface area contributed by atoms with Crippen LogP contribution in [0.2, 0.25) is 0 Å². The summed E-state index contributed by atoms with van der Waals surface area (Å²) in [5, 5.41) is 9.07. The van der Waals surface area contributed by atoms with E-state index in [2.05, 4.69) is 25.7 Å². The summed E-state index contributed by atoms with van der Waals surface area (Å²) >= 11 is 2.85. The van der Waals surface area contributed by atoms with Gasteiger partial charge in [-0.1, -0.05) is 15.9 Å². The minimum absolute atomic E-state index is 0.0739. The normalized spacial score (nSPS) is 10.8. The van der Waals surface area contributed by atoms with Gasteiger partial charge in [-0.2, -0.15) is 4.39 Å². The highest BCUT2D eigenvalue weighted by Crippen LogP contribution is 2.34. The van der Waals surface area contributed by atoms with Crippen LogP contribution in [0.3, 0.4) is 0 Å². The number of phenolic OH excluding ortho intramolecular Hbond substituents is 1. The predicted octanol–water partition coefficient (Wildman–Crippen LogP) is 6.03. The molecule has 0 amide bonds. The molecule has 28 heavy (non-hydrogen) atoms. The molecule has 0 fully saturated rings. The maximum absolute atomic E-state index is 14.3. The number of aromatic hydroxyl groups is 1. The van der Waals surface area contributed by atoms with Crippen LogP contribution >= 0.6 is 15.9 Å². The van der Waals surface area contributed by atoms with Crippen LogP contribution in [0.1, 0.15) is 0 Å². The molecule has 3 aromatic carbocycles. The van der Waals surface area contributed by atoms with Crippen molar-refractivity contribution in [2.75, 3.05) is 0 Å². The fourth-order valence-electron chi connectivity index (χ4n) is 2.24. The van der Waals surface area contributed by atoms with E-state index in [0.717, 1.165) is 24.3 Å². The monoisotopic (exact) mass is 464 g/mol. The van der Waals surface area contributed by atoms with Crippen LogP contribution in [0.15, 0.2) is 40.9 Å². The van der Waals surface area contributed by atoms with Crippen LogP contribution in [-0.4, -0.2) is 5.11 Å². The Morgan fingerprint density at radius 3 is 1.86 bits per heavy atom. The highest BCUT2D eigenvalue weighted by Gasteiger charge is 2.21. The van der Waals surface area contributed by atoms with Crippen molar-refractivity contribution in [2.45, 2.75) is 0 Å². The van der Waals surface area contributed by atoms with Gasteiger partial charge < -0.3 is 5.11 Å². The zero-order valence-electron chi connectivity index (χ0n) is 13.4. The van der Waals surface area contributed by atoms with Gasteiger partial charge in [0.2, 0.25) is 17.3 Å². The standard InChI is InChI=1S/C18H7BrF6O3/c19-8-5-12(22)18(13(23)6-8)28-27-14-2-1-9(15(24)16(14)25)7-3-10(20)17(26)11(21)4-7/h1-6,26H. The minimum Gasteiger partial charge on any atom is -0.503 e. The third kappa shape index (κ3) is 3.72. The largest absolute Gasteiger partial charge is 0.503 e. The number of halogens is 7. The van der Waals surface area contributed by atoms with E-state index >= 15 is 0 Å². The molecule has 0 heterocycles. The molecule has 0 aliphatic rings. The first kappa shape index (κ1) is 19.9. The number of phenols is 1. The van der Waals surface area contributed by atoms with Crippen molar-refractivity contribution in [3.8, 4) is 28.4 Å². The second kappa shape index (κ2) is 7.63. The fraction of sp³-hybridized carbons (Fsp3) is 0. The molecule has 0 spiro atoms. The van der Waals surface area contributed by atoms with E-state index in [1.54, 1.807) is 0 Å². The van der Waals surface area contributed by atoms with Crippen molar-refractivity contribution in [2.24, 2.45) is 0 Å². The van der Waals surface area contributed by atoms with E-state index in [0.29, 0.717) is 12.1 Å². The molecule has 0 unspecified atom stereocenters. The van der Waals surface area contributed by atoms with Gasteiger partial charge in [0.05, 0.1) is 0 Å². The van der Waals surface area contributed by atoms with E-state index in [9.17, 15) is 26.3 Å². The predicted molar refractivity (Wildman–Crippen MR) is 88.7 cm³/mol. The summed E-state index contributed by atoms with van der Waals surface area (Å²) in [6, 6.07) is 4.63. The molecule has 146 valence electrons. The molecule has 0 saturated heterocycles. The molecule has 3 nitrogen and oxygen atoms in total. The maximum Gasteiger partial charge on any atom is 0.249 e. The van der Waals surface area contributed by atoms with Gasteiger partial charge in [0.15, 0.2) is 34.8 Å². The van der Waals surface area contributed by atoms with E-state index in [1.807, 2.05) is 0 Å². The van der Waals surface area contributed by atoms with Crippen LogP contribution in [0.4, 0.5) is 26.3 Å². The molecule has 0 aliphatic carbocycles. The van der Waals surface area contributed by atoms with Crippen LogP contribution < -0.4 is 9.78 Å². The topological polar surface area (TPSA) is 38.7 Å². The SMILES string of the molecule is Oc1c(F)cc(-c2ccc(OOc3c(F)cc(Br)cc3F)c(F)c2F)cc1F. The lowest BCUT2D eigenvalue weighted by Gasteiger charge is -2.11. The van der Waals surface area contributed by atoms with Gasteiger partial charge in [0.25, 0.3) is 0 Å². The first-order chi connectivity index (χ1) is 13.2. The Balaban J connectivity index is 1.91. The second-order valence-corrected chi connectivity index (χ2v) is 6.31. The third-order valence-electron chi connectivity index (χ3n) is 3.55. The van der Waals surface area contributed by atoms with Crippen LogP contribution in [0.5, 0.6) is 17.2 Å².